The molecule has 0 aliphatic carbocycles. The van der Waals surface area contributed by atoms with Gasteiger partial charge in [-0.3, -0.25) is 0 Å². The summed E-state index contributed by atoms with van der Waals surface area (Å²) in [6.45, 7) is 6.22. The Morgan fingerprint density at radius 3 is 2.39 bits per heavy atom. The highest BCUT2D eigenvalue weighted by Gasteiger charge is 2.22. The van der Waals surface area contributed by atoms with Crippen LogP contribution < -0.4 is 5.32 Å². The summed E-state index contributed by atoms with van der Waals surface area (Å²) in [6.07, 6.45) is 0. The molecule has 1 aromatic rings. The lowest BCUT2D eigenvalue weighted by Crippen LogP contribution is -2.43. The van der Waals surface area contributed by atoms with E-state index in [1.54, 1.807) is 13.0 Å². The van der Waals surface area contributed by atoms with Crippen LogP contribution in [0.3, 0.4) is 0 Å². The fourth-order valence-electron chi connectivity index (χ4n) is 1.75. The highest BCUT2D eigenvalue weighted by molar-refractivity contribution is 5.29. The topological polar surface area (TPSA) is 52.5 Å². The van der Waals surface area contributed by atoms with Gasteiger partial charge in [0, 0.05) is 12.0 Å². The van der Waals surface area contributed by atoms with Crippen molar-refractivity contribution in [3.05, 3.63) is 35.1 Å². The Bertz CT molecular complexity index is 389. The molecule has 3 N–H and O–H groups in total. The molecule has 0 spiro atoms. The van der Waals surface area contributed by atoms with E-state index in [9.17, 15) is 4.39 Å². The number of nitrogens with one attached hydrogen (secondary N) is 1. The van der Waals surface area contributed by atoms with Crippen molar-refractivity contribution in [2.45, 2.75) is 32.2 Å². The SMILES string of the molecule is Cc1cc(C(C)(C)CNC(CO)CO)ccc1F. The Morgan fingerprint density at radius 1 is 1.28 bits per heavy atom. The third-order valence-electron chi connectivity index (χ3n) is 3.21. The van der Waals surface area contributed by atoms with E-state index in [0.29, 0.717) is 12.1 Å². The second-order valence-electron chi connectivity index (χ2n) is 5.29. The summed E-state index contributed by atoms with van der Waals surface area (Å²) in [5.41, 5.74) is 1.46. The Labute approximate surface area is 108 Å². The van der Waals surface area contributed by atoms with Crippen LogP contribution in [-0.4, -0.2) is 36.0 Å². The summed E-state index contributed by atoms with van der Waals surface area (Å²) in [5, 5.41) is 21.1. The second kappa shape index (κ2) is 6.27. The highest BCUT2D eigenvalue weighted by atomic mass is 19.1. The van der Waals surface area contributed by atoms with Crippen LogP contribution in [0.15, 0.2) is 18.2 Å². The van der Waals surface area contributed by atoms with Crippen molar-refractivity contribution in [2.75, 3.05) is 19.8 Å². The lowest BCUT2D eigenvalue weighted by Gasteiger charge is -2.28. The number of aryl methyl sites for hydroxylation is 1. The van der Waals surface area contributed by atoms with Gasteiger partial charge in [0.1, 0.15) is 5.82 Å². The fourth-order valence-corrected chi connectivity index (χ4v) is 1.75. The summed E-state index contributed by atoms with van der Waals surface area (Å²) in [6, 6.07) is 4.77. The van der Waals surface area contributed by atoms with E-state index >= 15 is 0 Å². The normalized spacial score (nSPS) is 12.2. The molecule has 1 aromatic carbocycles. The van der Waals surface area contributed by atoms with E-state index in [1.807, 2.05) is 19.9 Å². The van der Waals surface area contributed by atoms with Crippen molar-refractivity contribution in [2.24, 2.45) is 0 Å². The Morgan fingerprint density at radius 2 is 1.89 bits per heavy atom. The lowest BCUT2D eigenvalue weighted by molar-refractivity contribution is 0.166. The smallest absolute Gasteiger partial charge is 0.126 e. The number of rotatable bonds is 6. The van der Waals surface area contributed by atoms with Crippen molar-refractivity contribution in [3.63, 3.8) is 0 Å². The van der Waals surface area contributed by atoms with Crippen LogP contribution in [0.5, 0.6) is 0 Å². The molecule has 0 fully saturated rings. The van der Waals surface area contributed by atoms with Crippen LogP contribution in [0, 0.1) is 12.7 Å². The van der Waals surface area contributed by atoms with Gasteiger partial charge in [0.15, 0.2) is 0 Å². The van der Waals surface area contributed by atoms with Gasteiger partial charge in [-0.15, -0.1) is 0 Å². The van der Waals surface area contributed by atoms with Crippen LogP contribution in [-0.2, 0) is 5.41 Å². The number of aliphatic hydroxyl groups excluding tert-OH is 2. The van der Waals surface area contributed by atoms with E-state index in [1.165, 1.54) is 6.07 Å². The van der Waals surface area contributed by atoms with Gasteiger partial charge in [-0.25, -0.2) is 4.39 Å². The largest absolute Gasteiger partial charge is 0.395 e. The minimum atomic E-state index is -0.314. The molecule has 0 heterocycles. The monoisotopic (exact) mass is 255 g/mol. The maximum absolute atomic E-state index is 13.2. The second-order valence-corrected chi connectivity index (χ2v) is 5.29. The van der Waals surface area contributed by atoms with E-state index < -0.39 is 0 Å². The first-order valence-electron chi connectivity index (χ1n) is 6.12. The first-order chi connectivity index (χ1) is 8.40. The van der Waals surface area contributed by atoms with Gasteiger partial charge in [-0.1, -0.05) is 26.0 Å². The van der Waals surface area contributed by atoms with Gasteiger partial charge in [0.25, 0.3) is 0 Å². The van der Waals surface area contributed by atoms with Gasteiger partial charge < -0.3 is 15.5 Å². The third-order valence-corrected chi connectivity index (χ3v) is 3.21. The first kappa shape index (κ1) is 15.1. The molecule has 0 aliphatic rings. The molecule has 0 saturated carbocycles. The quantitative estimate of drug-likeness (QED) is 0.719. The minimum Gasteiger partial charge on any atom is -0.395 e. The predicted molar refractivity (Wildman–Crippen MR) is 70.1 cm³/mol. The molecule has 0 unspecified atom stereocenters. The zero-order valence-electron chi connectivity index (χ0n) is 11.2. The van der Waals surface area contributed by atoms with Crippen LogP contribution in [0.25, 0.3) is 0 Å². The minimum absolute atomic E-state index is 0.102. The van der Waals surface area contributed by atoms with E-state index in [4.69, 9.17) is 10.2 Å². The standard InChI is InChI=1S/C14H22FNO2/c1-10-6-11(4-5-13(10)15)14(2,3)9-16-12(7-17)8-18/h4-6,12,16-18H,7-9H2,1-3H3. The molecule has 0 saturated heterocycles. The zero-order chi connectivity index (χ0) is 13.8. The molecular weight excluding hydrogens is 233 g/mol. The number of hydrogen-bond donors (Lipinski definition) is 3. The molecule has 0 radical (unpaired) electrons. The molecule has 1 rings (SSSR count). The molecule has 0 aromatic heterocycles. The van der Waals surface area contributed by atoms with Gasteiger partial charge in [0.2, 0.25) is 0 Å². The molecule has 0 atom stereocenters. The number of benzene rings is 1. The average molecular weight is 255 g/mol. The summed E-state index contributed by atoms with van der Waals surface area (Å²) in [5.74, 6) is -0.203. The molecule has 102 valence electrons. The van der Waals surface area contributed by atoms with Gasteiger partial charge in [-0.05, 0) is 24.1 Å². The Hall–Kier alpha value is -0.970. The van der Waals surface area contributed by atoms with Gasteiger partial charge in [-0.2, -0.15) is 0 Å². The summed E-state index contributed by atoms with van der Waals surface area (Å²) < 4.78 is 13.2. The van der Waals surface area contributed by atoms with Crippen molar-refractivity contribution in [3.8, 4) is 0 Å². The molecule has 3 nitrogen and oxygen atoms in total. The number of hydrogen-bond acceptors (Lipinski definition) is 3. The van der Waals surface area contributed by atoms with E-state index in [0.717, 1.165) is 5.56 Å². The van der Waals surface area contributed by atoms with Crippen molar-refractivity contribution < 1.29 is 14.6 Å². The van der Waals surface area contributed by atoms with Crippen molar-refractivity contribution >= 4 is 0 Å². The maximum Gasteiger partial charge on any atom is 0.126 e. The number of halogens is 1. The molecule has 18 heavy (non-hydrogen) atoms. The Kier molecular flexibility index (Phi) is 5.26. The highest BCUT2D eigenvalue weighted by Crippen LogP contribution is 2.24. The summed E-state index contributed by atoms with van der Waals surface area (Å²) in [4.78, 5) is 0. The average Bonchev–Trinajstić information content (AvgIpc) is 2.33. The van der Waals surface area contributed by atoms with Crippen LogP contribution in [0.2, 0.25) is 0 Å². The zero-order valence-corrected chi connectivity index (χ0v) is 11.2. The first-order valence-corrected chi connectivity index (χ1v) is 6.12. The van der Waals surface area contributed by atoms with Crippen LogP contribution in [0.1, 0.15) is 25.0 Å². The molecule has 0 bridgehead atoms. The third kappa shape index (κ3) is 3.77. The van der Waals surface area contributed by atoms with Crippen LogP contribution in [0.4, 0.5) is 4.39 Å². The predicted octanol–water partition coefficient (Wildman–Crippen LogP) is 1.35. The summed E-state index contributed by atoms with van der Waals surface area (Å²) in [7, 11) is 0. The fraction of sp³-hybridized carbons (Fsp3) is 0.571. The molecule has 4 heteroatoms. The molecule has 0 amide bonds. The van der Waals surface area contributed by atoms with Gasteiger partial charge >= 0.3 is 0 Å². The van der Waals surface area contributed by atoms with E-state index in [-0.39, 0.29) is 30.5 Å². The summed E-state index contributed by atoms with van der Waals surface area (Å²) >= 11 is 0. The van der Waals surface area contributed by atoms with E-state index in [2.05, 4.69) is 5.32 Å². The maximum atomic E-state index is 13.2. The number of aliphatic hydroxyl groups is 2. The van der Waals surface area contributed by atoms with Gasteiger partial charge in [0.05, 0.1) is 19.3 Å². The molecule has 0 aliphatic heterocycles. The van der Waals surface area contributed by atoms with Crippen molar-refractivity contribution in [1.29, 1.82) is 0 Å². The van der Waals surface area contributed by atoms with Crippen LogP contribution >= 0.6 is 0 Å². The van der Waals surface area contributed by atoms with Crippen molar-refractivity contribution in [1.82, 2.24) is 5.32 Å². The molecular formula is C14H22FNO2. The Balaban J connectivity index is 2.75. The lowest BCUT2D eigenvalue weighted by atomic mass is 9.83.